The molecule has 1 aromatic rings. The molecule has 1 nitrogen and oxygen atoms in total. The smallest absolute Gasteiger partial charge is 0.0240 e. The molecule has 0 bridgehead atoms. The van der Waals surface area contributed by atoms with Crippen LogP contribution in [0.5, 0.6) is 0 Å². The lowest BCUT2D eigenvalue weighted by Crippen LogP contribution is -2.16. The second-order valence-electron chi connectivity index (χ2n) is 3.67. The van der Waals surface area contributed by atoms with E-state index in [1.54, 1.807) is 0 Å². The van der Waals surface area contributed by atoms with Crippen LogP contribution in [-0.2, 0) is 10.8 Å². The Balaban J connectivity index is 2.08. The molecule has 3 heteroatoms. The maximum atomic E-state index is 11.2. The highest BCUT2D eigenvalue weighted by Crippen LogP contribution is 2.28. The number of halogens is 1. The van der Waals surface area contributed by atoms with Crippen LogP contribution >= 0.6 is 15.9 Å². The summed E-state index contributed by atoms with van der Waals surface area (Å²) in [4.78, 5) is 0. The molecule has 0 atom stereocenters. The van der Waals surface area contributed by atoms with E-state index in [0.717, 1.165) is 28.8 Å². The van der Waals surface area contributed by atoms with Gasteiger partial charge in [-0.1, -0.05) is 28.1 Å². The Morgan fingerprint density at radius 2 is 1.71 bits per heavy atom. The van der Waals surface area contributed by atoms with Crippen molar-refractivity contribution in [3.8, 4) is 0 Å². The van der Waals surface area contributed by atoms with Crippen LogP contribution in [0.4, 0.5) is 0 Å². The van der Waals surface area contributed by atoms with E-state index in [9.17, 15) is 4.21 Å². The Hall–Kier alpha value is -0.150. The molecule has 1 aliphatic rings. The number of rotatable bonds is 1. The van der Waals surface area contributed by atoms with E-state index >= 15 is 0 Å². The van der Waals surface area contributed by atoms with Gasteiger partial charge in [0, 0.05) is 26.8 Å². The van der Waals surface area contributed by atoms with E-state index in [-0.39, 0.29) is 0 Å². The van der Waals surface area contributed by atoms with E-state index < -0.39 is 10.8 Å². The standard InChI is InChI=1S/C11H13BrOS/c12-11-3-1-9(2-4-11)10-5-7-14(13)8-6-10/h1-4,10H,5-8H2. The predicted molar refractivity (Wildman–Crippen MR) is 64.0 cm³/mol. The highest BCUT2D eigenvalue weighted by molar-refractivity contribution is 9.10. The molecular weight excluding hydrogens is 260 g/mol. The first-order valence-corrected chi connectivity index (χ1v) is 7.14. The van der Waals surface area contributed by atoms with Gasteiger partial charge < -0.3 is 0 Å². The Morgan fingerprint density at radius 1 is 1.14 bits per heavy atom. The molecule has 0 saturated carbocycles. The van der Waals surface area contributed by atoms with Crippen molar-refractivity contribution in [2.45, 2.75) is 18.8 Å². The molecule has 2 rings (SSSR count). The molecule has 1 saturated heterocycles. The number of benzene rings is 1. The van der Waals surface area contributed by atoms with Gasteiger partial charge in [-0.3, -0.25) is 4.21 Å². The third-order valence-electron chi connectivity index (χ3n) is 2.73. The maximum Gasteiger partial charge on any atom is 0.0240 e. The molecule has 0 amide bonds. The van der Waals surface area contributed by atoms with E-state index in [4.69, 9.17) is 0 Å². The first-order valence-electron chi connectivity index (χ1n) is 4.86. The highest BCUT2D eigenvalue weighted by Gasteiger charge is 2.18. The second kappa shape index (κ2) is 4.58. The van der Waals surface area contributed by atoms with Crippen LogP contribution < -0.4 is 0 Å². The van der Waals surface area contributed by atoms with E-state index in [1.165, 1.54) is 5.56 Å². The van der Waals surface area contributed by atoms with Gasteiger partial charge >= 0.3 is 0 Å². The zero-order valence-corrected chi connectivity index (χ0v) is 10.3. The quantitative estimate of drug-likeness (QED) is 0.768. The summed E-state index contributed by atoms with van der Waals surface area (Å²) < 4.78 is 12.3. The van der Waals surface area contributed by atoms with Gasteiger partial charge in [0.1, 0.15) is 0 Å². The Kier molecular flexibility index (Phi) is 3.39. The van der Waals surface area contributed by atoms with Gasteiger partial charge in [-0.25, -0.2) is 0 Å². The molecule has 76 valence electrons. The minimum absolute atomic E-state index is 0.548. The molecule has 0 aliphatic carbocycles. The van der Waals surface area contributed by atoms with Gasteiger partial charge in [-0.15, -0.1) is 0 Å². The van der Waals surface area contributed by atoms with Crippen LogP contribution in [-0.4, -0.2) is 15.7 Å². The first kappa shape index (κ1) is 10.4. The van der Waals surface area contributed by atoms with Crippen molar-refractivity contribution >= 4 is 26.7 Å². The predicted octanol–water partition coefficient (Wildman–Crippen LogP) is 3.08. The molecule has 0 unspecified atom stereocenters. The van der Waals surface area contributed by atoms with E-state index in [2.05, 4.69) is 40.2 Å². The lowest BCUT2D eigenvalue weighted by atomic mass is 9.94. The molecule has 1 aliphatic heterocycles. The molecule has 1 heterocycles. The molecule has 0 N–H and O–H groups in total. The summed E-state index contributed by atoms with van der Waals surface area (Å²) >= 11 is 3.43. The third-order valence-corrected chi connectivity index (χ3v) is 4.64. The lowest BCUT2D eigenvalue weighted by Gasteiger charge is -2.21. The molecule has 1 aromatic carbocycles. The lowest BCUT2D eigenvalue weighted by molar-refractivity contribution is 0.605. The van der Waals surface area contributed by atoms with Crippen LogP contribution in [0, 0.1) is 0 Å². The fourth-order valence-corrected chi connectivity index (χ4v) is 3.43. The van der Waals surface area contributed by atoms with Gasteiger partial charge in [0.05, 0.1) is 0 Å². The summed E-state index contributed by atoms with van der Waals surface area (Å²) in [5, 5.41) is 0. The highest BCUT2D eigenvalue weighted by atomic mass is 79.9. The SMILES string of the molecule is O=S1CCC(c2ccc(Br)cc2)CC1. The zero-order chi connectivity index (χ0) is 9.97. The minimum atomic E-state index is -0.548. The van der Waals surface area contributed by atoms with Crippen molar-refractivity contribution in [1.29, 1.82) is 0 Å². The summed E-state index contributed by atoms with van der Waals surface area (Å²) in [6.07, 6.45) is 2.16. The summed E-state index contributed by atoms with van der Waals surface area (Å²) in [6, 6.07) is 8.51. The molecule has 0 aromatic heterocycles. The maximum absolute atomic E-state index is 11.2. The zero-order valence-electron chi connectivity index (χ0n) is 7.91. The van der Waals surface area contributed by atoms with Gasteiger partial charge in [0.25, 0.3) is 0 Å². The van der Waals surface area contributed by atoms with Crippen molar-refractivity contribution in [3.05, 3.63) is 34.3 Å². The molecule has 14 heavy (non-hydrogen) atoms. The summed E-state index contributed by atoms with van der Waals surface area (Å²) in [7, 11) is -0.548. The number of hydrogen-bond donors (Lipinski definition) is 0. The van der Waals surface area contributed by atoms with E-state index in [0.29, 0.717) is 5.92 Å². The third kappa shape index (κ3) is 2.45. The van der Waals surface area contributed by atoms with Crippen LogP contribution in [0.3, 0.4) is 0 Å². The summed E-state index contributed by atoms with van der Waals surface area (Å²) in [6.45, 7) is 0. The van der Waals surface area contributed by atoms with E-state index in [1.807, 2.05) is 0 Å². The average molecular weight is 273 g/mol. The van der Waals surface area contributed by atoms with Crippen molar-refractivity contribution < 1.29 is 4.21 Å². The Morgan fingerprint density at radius 3 is 2.29 bits per heavy atom. The van der Waals surface area contributed by atoms with Crippen molar-refractivity contribution in [2.75, 3.05) is 11.5 Å². The largest absolute Gasteiger partial charge is 0.260 e. The number of hydrogen-bond acceptors (Lipinski definition) is 1. The van der Waals surface area contributed by atoms with Crippen LogP contribution in [0.15, 0.2) is 28.7 Å². The van der Waals surface area contributed by atoms with Crippen LogP contribution in [0.25, 0.3) is 0 Å². The monoisotopic (exact) mass is 272 g/mol. The normalized spacial score (nSPS) is 27.5. The van der Waals surface area contributed by atoms with Gasteiger partial charge in [-0.2, -0.15) is 0 Å². The van der Waals surface area contributed by atoms with Crippen molar-refractivity contribution in [1.82, 2.24) is 0 Å². The first-order chi connectivity index (χ1) is 6.75. The molecule has 1 fully saturated rings. The van der Waals surface area contributed by atoms with Gasteiger partial charge in [-0.05, 0) is 36.5 Å². The summed E-state index contributed by atoms with van der Waals surface area (Å²) in [5.74, 6) is 2.38. The molecule has 0 spiro atoms. The Labute approximate surface area is 95.5 Å². The van der Waals surface area contributed by atoms with Crippen LogP contribution in [0.1, 0.15) is 24.3 Å². The summed E-state index contributed by atoms with van der Waals surface area (Å²) in [5.41, 5.74) is 1.39. The van der Waals surface area contributed by atoms with Crippen molar-refractivity contribution in [2.24, 2.45) is 0 Å². The average Bonchev–Trinajstić information content (AvgIpc) is 2.21. The van der Waals surface area contributed by atoms with Gasteiger partial charge in [0.2, 0.25) is 0 Å². The molecule has 0 radical (unpaired) electrons. The van der Waals surface area contributed by atoms with Gasteiger partial charge in [0.15, 0.2) is 0 Å². The topological polar surface area (TPSA) is 17.1 Å². The van der Waals surface area contributed by atoms with Crippen LogP contribution in [0.2, 0.25) is 0 Å². The fourth-order valence-electron chi connectivity index (χ4n) is 1.86. The Bertz CT molecular complexity index is 324. The minimum Gasteiger partial charge on any atom is -0.260 e. The van der Waals surface area contributed by atoms with Crippen molar-refractivity contribution in [3.63, 3.8) is 0 Å². The fraction of sp³-hybridized carbons (Fsp3) is 0.455. The second-order valence-corrected chi connectivity index (χ2v) is 6.29. The molecular formula is C11H13BrOS.